The maximum atomic E-state index is 12.0. The third kappa shape index (κ3) is 4.32. The molecule has 5 nitrogen and oxygen atoms in total. The highest BCUT2D eigenvalue weighted by Crippen LogP contribution is 2.25. The van der Waals surface area contributed by atoms with Gasteiger partial charge in [-0.2, -0.15) is 0 Å². The number of hydrogen-bond donors (Lipinski definition) is 3. The number of benzene rings is 1. The van der Waals surface area contributed by atoms with Gasteiger partial charge in [0.1, 0.15) is 10.7 Å². The number of hydrogen-bond acceptors (Lipinski definition) is 3. The van der Waals surface area contributed by atoms with Gasteiger partial charge in [-0.15, -0.1) is 0 Å². The summed E-state index contributed by atoms with van der Waals surface area (Å²) in [4.78, 5) is 12.3. The Morgan fingerprint density at radius 3 is 2.67 bits per heavy atom. The second-order valence-electron chi connectivity index (χ2n) is 5.21. The molecule has 21 heavy (non-hydrogen) atoms. The summed E-state index contributed by atoms with van der Waals surface area (Å²) < 4.78 is 5.27. The summed E-state index contributed by atoms with van der Waals surface area (Å²) >= 11 is 4.93. The lowest BCUT2D eigenvalue weighted by Crippen LogP contribution is -2.39. The second-order valence-corrected chi connectivity index (χ2v) is 5.65. The molecule has 6 heteroatoms. The Labute approximate surface area is 130 Å². The molecule has 0 bridgehead atoms. The largest absolute Gasteiger partial charge is 0.495 e. The molecule has 0 saturated heterocycles. The molecule has 1 saturated carbocycles. The number of rotatable bonds is 4. The summed E-state index contributed by atoms with van der Waals surface area (Å²) in [5.74, 6) is 0.541. The lowest BCUT2D eigenvalue weighted by Gasteiger charge is -2.23. The van der Waals surface area contributed by atoms with E-state index in [2.05, 4.69) is 10.6 Å². The van der Waals surface area contributed by atoms with Crippen LogP contribution >= 0.6 is 12.2 Å². The van der Waals surface area contributed by atoms with Crippen molar-refractivity contribution in [2.75, 3.05) is 12.4 Å². The molecule has 0 spiro atoms. The molecule has 2 rings (SSSR count). The fourth-order valence-corrected chi connectivity index (χ4v) is 2.67. The molecule has 114 valence electrons. The normalized spacial score (nSPS) is 15.3. The van der Waals surface area contributed by atoms with Crippen molar-refractivity contribution >= 4 is 28.9 Å². The molecule has 0 aromatic heterocycles. The van der Waals surface area contributed by atoms with Gasteiger partial charge in [-0.1, -0.05) is 31.5 Å². The number of urea groups is 1. The van der Waals surface area contributed by atoms with Crippen molar-refractivity contribution in [3.8, 4) is 5.75 Å². The maximum Gasteiger partial charge on any atom is 0.319 e. The molecule has 1 fully saturated rings. The summed E-state index contributed by atoms with van der Waals surface area (Å²) in [6.07, 6.45) is 5.71. The lowest BCUT2D eigenvalue weighted by molar-refractivity contribution is 0.244. The monoisotopic (exact) mass is 307 g/mol. The predicted octanol–water partition coefficient (Wildman–Crippen LogP) is 2.78. The van der Waals surface area contributed by atoms with Crippen LogP contribution in [0.15, 0.2) is 18.2 Å². The minimum atomic E-state index is -0.205. The number of thiocarbonyl (C=S) groups is 1. The van der Waals surface area contributed by atoms with Crippen molar-refractivity contribution in [2.24, 2.45) is 5.73 Å². The molecule has 0 atom stereocenters. The first-order chi connectivity index (χ1) is 10.1. The second kappa shape index (κ2) is 7.26. The molecule has 0 radical (unpaired) electrons. The minimum absolute atomic E-state index is 0.205. The van der Waals surface area contributed by atoms with Crippen LogP contribution in [0.3, 0.4) is 0 Å². The average molecular weight is 307 g/mol. The lowest BCUT2D eigenvalue weighted by atomic mass is 9.96. The van der Waals surface area contributed by atoms with Gasteiger partial charge in [0.25, 0.3) is 0 Å². The van der Waals surface area contributed by atoms with Crippen LogP contribution in [0.1, 0.15) is 37.7 Å². The van der Waals surface area contributed by atoms with Gasteiger partial charge in [0.2, 0.25) is 0 Å². The number of methoxy groups -OCH3 is 1. The number of carbonyl (C=O) groups excluding carboxylic acids is 1. The minimum Gasteiger partial charge on any atom is -0.495 e. The first kappa shape index (κ1) is 15.6. The standard InChI is InChI=1S/C15H21N3O2S/c1-20-13-9-10(14(16)21)7-8-12(13)18-15(19)17-11-5-3-2-4-6-11/h7-9,11H,2-6H2,1H3,(H2,16,21)(H2,17,18,19). The summed E-state index contributed by atoms with van der Waals surface area (Å²) in [5, 5.41) is 5.82. The van der Waals surface area contributed by atoms with E-state index in [-0.39, 0.29) is 12.1 Å². The molecule has 4 N–H and O–H groups in total. The molecule has 1 aliphatic carbocycles. The predicted molar refractivity (Wildman–Crippen MR) is 87.9 cm³/mol. The first-order valence-electron chi connectivity index (χ1n) is 7.15. The summed E-state index contributed by atoms with van der Waals surface area (Å²) in [7, 11) is 1.54. The van der Waals surface area contributed by atoms with E-state index < -0.39 is 0 Å². The molecule has 1 aromatic rings. The van der Waals surface area contributed by atoms with E-state index in [0.717, 1.165) is 12.8 Å². The van der Waals surface area contributed by atoms with E-state index in [1.807, 2.05) is 0 Å². The number of amides is 2. The summed E-state index contributed by atoms with van der Waals surface area (Å²) in [6, 6.07) is 5.29. The topological polar surface area (TPSA) is 76.4 Å². The molecule has 0 aliphatic heterocycles. The first-order valence-corrected chi connectivity index (χ1v) is 7.56. The van der Waals surface area contributed by atoms with Crippen LogP contribution in [0.5, 0.6) is 5.75 Å². The Kier molecular flexibility index (Phi) is 5.38. The van der Waals surface area contributed by atoms with E-state index in [0.29, 0.717) is 22.0 Å². The zero-order chi connectivity index (χ0) is 15.2. The van der Waals surface area contributed by atoms with Crippen LogP contribution in [-0.4, -0.2) is 24.2 Å². The summed E-state index contributed by atoms with van der Waals surface area (Å²) in [6.45, 7) is 0. The smallest absolute Gasteiger partial charge is 0.319 e. The summed E-state index contributed by atoms with van der Waals surface area (Å²) in [5.41, 5.74) is 6.90. The molecular formula is C15H21N3O2S. The highest BCUT2D eigenvalue weighted by atomic mass is 32.1. The zero-order valence-corrected chi connectivity index (χ0v) is 13.0. The highest BCUT2D eigenvalue weighted by molar-refractivity contribution is 7.80. The number of ether oxygens (including phenoxy) is 1. The number of anilines is 1. The van der Waals surface area contributed by atoms with Gasteiger partial charge in [-0.25, -0.2) is 4.79 Å². The van der Waals surface area contributed by atoms with Crippen LogP contribution in [0.25, 0.3) is 0 Å². The van der Waals surface area contributed by atoms with E-state index in [1.54, 1.807) is 25.3 Å². The Morgan fingerprint density at radius 1 is 1.33 bits per heavy atom. The molecule has 0 unspecified atom stereocenters. The van der Waals surface area contributed by atoms with E-state index in [4.69, 9.17) is 22.7 Å². The van der Waals surface area contributed by atoms with E-state index in [9.17, 15) is 4.79 Å². The SMILES string of the molecule is COc1cc(C(N)=S)ccc1NC(=O)NC1CCCCC1. The quantitative estimate of drug-likeness (QED) is 0.748. The number of nitrogens with one attached hydrogen (secondary N) is 2. The van der Waals surface area contributed by atoms with Gasteiger partial charge >= 0.3 is 6.03 Å². The van der Waals surface area contributed by atoms with Crippen molar-refractivity contribution in [3.05, 3.63) is 23.8 Å². The van der Waals surface area contributed by atoms with Crippen molar-refractivity contribution in [1.29, 1.82) is 0 Å². The van der Waals surface area contributed by atoms with Gasteiger partial charge in [0, 0.05) is 11.6 Å². The van der Waals surface area contributed by atoms with Crippen LogP contribution in [0, 0.1) is 0 Å². The van der Waals surface area contributed by atoms with Gasteiger partial charge in [0.15, 0.2) is 0 Å². The van der Waals surface area contributed by atoms with Crippen molar-refractivity contribution < 1.29 is 9.53 Å². The fraction of sp³-hybridized carbons (Fsp3) is 0.467. The third-order valence-corrected chi connectivity index (χ3v) is 3.91. The van der Waals surface area contributed by atoms with Crippen LogP contribution in [-0.2, 0) is 0 Å². The van der Waals surface area contributed by atoms with Crippen LogP contribution < -0.4 is 21.1 Å². The molecule has 1 aliphatic rings. The van der Waals surface area contributed by atoms with Crippen LogP contribution in [0.4, 0.5) is 10.5 Å². The van der Waals surface area contributed by atoms with Crippen molar-refractivity contribution in [1.82, 2.24) is 5.32 Å². The molecule has 0 heterocycles. The highest BCUT2D eigenvalue weighted by Gasteiger charge is 2.16. The van der Waals surface area contributed by atoms with Gasteiger partial charge in [0.05, 0.1) is 12.8 Å². The molecule has 1 aromatic carbocycles. The molecular weight excluding hydrogens is 286 g/mol. The average Bonchev–Trinajstić information content (AvgIpc) is 2.48. The Morgan fingerprint density at radius 2 is 2.05 bits per heavy atom. The Balaban J connectivity index is 2.00. The van der Waals surface area contributed by atoms with Gasteiger partial charge in [-0.05, 0) is 31.0 Å². The van der Waals surface area contributed by atoms with Gasteiger partial charge in [-0.3, -0.25) is 0 Å². The zero-order valence-electron chi connectivity index (χ0n) is 12.1. The van der Waals surface area contributed by atoms with E-state index >= 15 is 0 Å². The van der Waals surface area contributed by atoms with Crippen molar-refractivity contribution in [3.63, 3.8) is 0 Å². The Hall–Kier alpha value is -1.82. The maximum absolute atomic E-state index is 12.0. The fourth-order valence-electron chi connectivity index (χ4n) is 2.54. The van der Waals surface area contributed by atoms with E-state index in [1.165, 1.54) is 19.3 Å². The Bertz CT molecular complexity index is 528. The third-order valence-electron chi connectivity index (χ3n) is 3.67. The van der Waals surface area contributed by atoms with Crippen LogP contribution in [0.2, 0.25) is 0 Å². The molecule has 2 amide bonds. The number of nitrogens with two attached hydrogens (primary N) is 1. The number of carbonyl (C=O) groups is 1. The van der Waals surface area contributed by atoms with Crippen molar-refractivity contribution in [2.45, 2.75) is 38.1 Å². The van der Waals surface area contributed by atoms with Gasteiger partial charge < -0.3 is 21.1 Å².